The summed E-state index contributed by atoms with van der Waals surface area (Å²) in [6.45, 7) is 2.05. The molecule has 0 saturated carbocycles. The van der Waals surface area contributed by atoms with E-state index in [1.807, 2.05) is 6.92 Å². The Morgan fingerprint density at radius 1 is 1.86 bits per heavy atom. The lowest BCUT2D eigenvalue weighted by Crippen LogP contribution is -1.53. The van der Waals surface area contributed by atoms with E-state index in [0.717, 1.165) is 12.8 Å². The minimum Gasteiger partial charge on any atom is -0.183 e. The minimum atomic E-state index is 0.865. The molecular formula is C6H12S. The third-order valence-corrected chi connectivity index (χ3v) is 0.375. The summed E-state index contributed by atoms with van der Waals surface area (Å²) < 4.78 is 6.34. The number of unbranched alkanes of at least 4 members (excludes halogenated alkanes) is 1. The molecule has 0 aromatic carbocycles. The Morgan fingerprint density at radius 2 is 2.43 bits per heavy atom. The van der Waals surface area contributed by atoms with Crippen LogP contribution in [-0.4, -0.2) is 6.26 Å². The predicted octanol–water partition coefficient (Wildman–Crippen LogP) is 1.97. The molecule has 0 aliphatic carbocycles. The number of thiol groups is 1. The zero-order valence-electron chi connectivity index (χ0n) is 5.86. The number of hydrogen-bond acceptors (Lipinski definition) is 1. The van der Waals surface area contributed by atoms with Crippen molar-refractivity contribution in [2.24, 2.45) is 0 Å². The third-order valence-electron chi connectivity index (χ3n) is 0.375. The summed E-state index contributed by atoms with van der Waals surface area (Å²) in [6.07, 6.45) is 5.69. The Kier molecular flexibility index (Phi) is 16.6. The Bertz CT molecular complexity index is 70.3. The second-order valence-electron chi connectivity index (χ2n) is 0.927. The zero-order valence-corrected chi connectivity index (χ0v) is 5.76. The molecule has 42 valence electrons. The molecule has 0 N–H and O–H groups in total. The molecule has 0 rings (SSSR count). The highest BCUT2D eigenvalue weighted by Crippen LogP contribution is 1.77. The van der Waals surface area contributed by atoms with Crippen LogP contribution in [0.3, 0.4) is 0 Å². The SMILES string of the molecule is CS.[3H]C#CCCC. The molecule has 0 aromatic rings. The van der Waals surface area contributed by atoms with Crippen LogP contribution in [0.1, 0.15) is 21.1 Å². The Labute approximate surface area is 53.1 Å². The average Bonchev–Trinajstić information content (AvgIpc) is 1.88. The van der Waals surface area contributed by atoms with Crippen LogP contribution in [0, 0.1) is 12.3 Å². The summed E-state index contributed by atoms with van der Waals surface area (Å²) in [5.74, 6) is 2.61. The number of rotatable bonds is 1. The predicted molar refractivity (Wildman–Crippen MR) is 38.7 cm³/mol. The Balaban J connectivity index is 0. The Morgan fingerprint density at radius 3 is 2.57 bits per heavy atom. The zero-order chi connectivity index (χ0) is 6.83. The van der Waals surface area contributed by atoms with Crippen LogP contribution >= 0.6 is 12.6 Å². The number of terminal acetylenes is 1. The van der Waals surface area contributed by atoms with Crippen molar-refractivity contribution in [3.05, 3.63) is 0 Å². The van der Waals surface area contributed by atoms with Gasteiger partial charge in [0, 0.05) is 6.42 Å². The fraction of sp³-hybridized carbons (Fsp3) is 0.667. The van der Waals surface area contributed by atoms with Gasteiger partial charge in [-0.15, -0.1) is 12.3 Å². The van der Waals surface area contributed by atoms with E-state index >= 15 is 0 Å². The molecule has 0 unspecified atom stereocenters. The second-order valence-corrected chi connectivity index (χ2v) is 0.927. The average molecular weight is 118 g/mol. The molecular weight excluding hydrogens is 104 g/mol. The fourth-order valence-electron chi connectivity index (χ4n) is 0.125. The van der Waals surface area contributed by atoms with Crippen LogP contribution in [-0.2, 0) is 0 Å². The van der Waals surface area contributed by atoms with Gasteiger partial charge >= 0.3 is 0 Å². The second kappa shape index (κ2) is 16.8. The first kappa shape index (κ1) is 6.91. The standard InChI is InChI=1S/C5H8.CH4S/c1-3-5-4-2;1-2/h1H,4-5H2,2H3;2H,1H3/i1T;. The number of hydrogen-bond donors (Lipinski definition) is 1. The summed E-state index contributed by atoms with van der Waals surface area (Å²) in [4.78, 5) is 0. The lowest BCUT2D eigenvalue weighted by Gasteiger charge is -1.69. The normalized spacial score (nSPS) is 6.43. The van der Waals surface area contributed by atoms with Crippen LogP contribution in [0.25, 0.3) is 0 Å². The first-order valence-corrected chi connectivity index (χ1v) is 3.15. The van der Waals surface area contributed by atoms with Crippen LogP contribution < -0.4 is 0 Å². The highest BCUT2D eigenvalue weighted by Gasteiger charge is 1.61. The van der Waals surface area contributed by atoms with E-state index in [0.29, 0.717) is 0 Å². The molecule has 0 fully saturated rings. The monoisotopic (exact) mass is 118 g/mol. The molecule has 0 aliphatic rings. The van der Waals surface area contributed by atoms with Gasteiger partial charge in [0.05, 0.1) is 0 Å². The van der Waals surface area contributed by atoms with Crippen molar-refractivity contribution in [2.75, 3.05) is 6.26 Å². The molecule has 1 heteroatoms. The molecule has 0 saturated heterocycles. The first-order chi connectivity index (χ1) is 3.91. The molecule has 7 heavy (non-hydrogen) atoms. The summed E-state index contributed by atoms with van der Waals surface area (Å²) >= 11 is 3.53. The first-order valence-electron chi connectivity index (χ1n) is 2.76. The fourth-order valence-corrected chi connectivity index (χ4v) is 0.125. The van der Waals surface area contributed by atoms with Gasteiger partial charge in [0.2, 0.25) is 0 Å². The van der Waals surface area contributed by atoms with Crippen LogP contribution in [0.2, 0.25) is 0 Å². The van der Waals surface area contributed by atoms with Gasteiger partial charge in [-0.25, -0.2) is 0 Å². The summed E-state index contributed by atoms with van der Waals surface area (Å²) in [5, 5.41) is 0. The van der Waals surface area contributed by atoms with Crippen molar-refractivity contribution in [1.82, 2.24) is 0 Å². The van der Waals surface area contributed by atoms with Crippen molar-refractivity contribution in [1.29, 1.82) is 0 Å². The van der Waals surface area contributed by atoms with Crippen molar-refractivity contribution >= 4 is 12.6 Å². The van der Waals surface area contributed by atoms with Gasteiger partial charge < -0.3 is 0 Å². The molecule has 0 heterocycles. The summed E-state index contributed by atoms with van der Waals surface area (Å²) in [7, 11) is 0. The molecule has 0 amide bonds. The topological polar surface area (TPSA) is 0 Å². The van der Waals surface area contributed by atoms with Crippen molar-refractivity contribution in [3.8, 4) is 12.3 Å². The van der Waals surface area contributed by atoms with E-state index in [-0.39, 0.29) is 0 Å². The van der Waals surface area contributed by atoms with Crippen LogP contribution in [0.4, 0.5) is 0 Å². The van der Waals surface area contributed by atoms with E-state index in [9.17, 15) is 0 Å². The maximum absolute atomic E-state index is 6.34. The third kappa shape index (κ3) is 24.8. The van der Waals surface area contributed by atoms with E-state index in [2.05, 4.69) is 24.9 Å². The summed E-state index contributed by atoms with van der Waals surface area (Å²) in [6, 6.07) is 0. The van der Waals surface area contributed by atoms with Gasteiger partial charge in [-0.05, 0) is 12.7 Å². The molecule has 0 bridgehead atoms. The van der Waals surface area contributed by atoms with Gasteiger partial charge in [0.1, 0.15) is 1.37 Å². The van der Waals surface area contributed by atoms with E-state index in [1.54, 1.807) is 6.26 Å². The van der Waals surface area contributed by atoms with E-state index in [4.69, 9.17) is 1.37 Å². The minimum absolute atomic E-state index is 0.865. The van der Waals surface area contributed by atoms with Gasteiger partial charge in [-0.2, -0.15) is 12.6 Å². The van der Waals surface area contributed by atoms with Crippen LogP contribution in [0.15, 0.2) is 0 Å². The quantitative estimate of drug-likeness (QED) is 0.395. The highest BCUT2D eigenvalue weighted by molar-refractivity contribution is 7.79. The molecule has 0 nitrogen and oxygen atoms in total. The molecule has 0 spiro atoms. The lowest BCUT2D eigenvalue weighted by molar-refractivity contribution is 0.984. The summed E-state index contributed by atoms with van der Waals surface area (Å²) in [5.41, 5.74) is 0. The maximum atomic E-state index is 6.34. The smallest absolute Gasteiger partial charge is 0.124 e. The van der Waals surface area contributed by atoms with Crippen molar-refractivity contribution < 1.29 is 1.37 Å². The highest BCUT2D eigenvalue weighted by atomic mass is 32.1. The van der Waals surface area contributed by atoms with Crippen molar-refractivity contribution in [2.45, 2.75) is 19.8 Å². The lowest BCUT2D eigenvalue weighted by atomic mass is 10.4. The van der Waals surface area contributed by atoms with Gasteiger partial charge in [-0.1, -0.05) is 6.92 Å². The van der Waals surface area contributed by atoms with E-state index < -0.39 is 0 Å². The largest absolute Gasteiger partial charge is 0.183 e. The molecule has 0 radical (unpaired) electrons. The van der Waals surface area contributed by atoms with Crippen molar-refractivity contribution in [3.63, 3.8) is 0 Å². The van der Waals surface area contributed by atoms with Gasteiger partial charge in [-0.3, -0.25) is 0 Å². The van der Waals surface area contributed by atoms with Gasteiger partial charge in [0.25, 0.3) is 0 Å². The Hall–Kier alpha value is -0.0900. The molecule has 0 aliphatic heterocycles. The van der Waals surface area contributed by atoms with E-state index in [1.165, 1.54) is 0 Å². The molecule has 0 atom stereocenters. The maximum Gasteiger partial charge on any atom is 0.124 e. The molecule has 0 aromatic heterocycles. The van der Waals surface area contributed by atoms with Gasteiger partial charge in [0.15, 0.2) is 0 Å². The van der Waals surface area contributed by atoms with Crippen LogP contribution in [0.5, 0.6) is 0 Å².